The van der Waals surface area contributed by atoms with E-state index >= 15 is 0 Å². The fourth-order valence-electron chi connectivity index (χ4n) is 9.14. The molecular formula is C71H122O6. The van der Waals surface area contributed by atoms with Gasteiger partial charge in [-0.15, -0.1) is 0 Å². The standard InChI is InChI=1S/C71H122O6/c1-4-7-10-13-16-19-22-25-28-30-32-34-35-37-38-40-43-46-49-52-55-58-61-64-70(73)76-67-68(66-75-69(72)63-60-57-54-51-48-45-42-27-24-21-18-15-12-9-6-3)77-71(74)65-62-59-56-53-50-47-44-41-39-36-33-31-29-26-23-20-17-14-11-8-5-2/h7,10,16,19,23,25-28,31-34,39,41-42,68H,4-6,8-9,11-15,17-18,20-22,24,29-30,35-38,40,43-67H2,1-3H3/b10-7-,19-16-,26-23-,28-25-,33-31-,34-32-,41-39-,42-27-. The Labute approximate surface area is 477 Å². The van der Waals surface area contributed by atoms with Gasteiger partial charge in [-0.25, -0.2) is 0 Å². The number of rotatable bonds is 59. The van der Waals surface area contributed by atoms with Gasteiger partial charge in [0.05, 0.1) is 0 Å². The Bertz CT molecular complexity index is 1510. The van der Waals surface area contributed by atoms with Crippen LogP contribution in [0.1, 0.15) is 316 Å². The first-order valence-corrected chi connectivity index (χ1v) is 32.7. The van der Waals surface area contributed by atoms with Gasteiger partial charge in [-0.2, -0.15) is 0 Å². The maximum absolute atomic E-state index is 12.9. The molecule has 0 fully saturated rings. The predicted molar refractivity (Wildman–Crippen MR) is 334 cm³/mol. The van der Waals surface area contributed by atoms with Gasteiger partial charge < -0.3 is 14.2 Å². The molecule has 0 aliphatic rings. The van der Waals surface area contributed by atoms with Crippen LogP contribution in [0.5, 0.6) is 0 Å². The third kappa shape index (κ3) is 63.0. The molecule has 0 aliphatic carbocycles. The van der Waals surface area contributed by atoms with E-state index in [9.17, 15) is 14.4 Å². The molecule has 0 heterocycles. The van der Waals surface area contributed by atoms with Crippen molar-refractivity contribution in [1.29, 1.82) is 0 Å². The molecule has 0 radical (unpaired) electrons. The zero-order valence-corrected chi connectivity index (χ0v) is 50.7. The molecular weight excluding hydrogens is 949 g/mol. The molecule has 0 spiro atoms. The van der Waals surface area contributed by atoms with Crippen molar-refractivity contribution >= 4 is 17.9 Å². The first-order chi connectivity index (χ1) is 38.0. The van der Waals surface area contributed by atoms with Crippen LogP contribution in [0.4, 0.5) is 0 Å². The monoisotopic (exact) mass is 1070 g/mol. The normalized spacial score (nSPS) is 12.7. The first-order valence-electron chi connectivity index (χ1n) is 32.7. The maximum Gasteiger partial charge on any atom is 0.306 e. The molecule has 0 aliphatic heterocycles. The summed E-state index contributed by atoms with van der Waals surface area (Å²) in [7, 11) is 0. The molecule has 0 aromatic carbocycles. The highest BCUT2D eigenvalue weighted by Gasteiger charge is 2.19. The number of unbranched alkanes of at least 4 members (excludes halogenated alkanes) is 32. The summed E-state index contributed by atoms with van der Waals surface area (Å²) < 4.78 is 16.9. The van der Waals surface area contributed by atoms with Crippen molar-refractivity contribution in [3.63, 3.8) is 0 Å². The van der Waals surface area contributed by atoms with Gasteiger partial charge in [0.1, 0.15) is 13.2 Å². The highest BCUT2D eigenvalue weighted by atomic mass is 16.6. The van der Waals surface area contributed by atoms with Crippen molar-refractivity contribution < 1.29 is 28.6 Å². The molecule has 1 unspecified atom stereocenters. The van der Waals surface area contributed by atoms with E-state index in [4.69, 9.17) is 14.2 Å². The van der Waals surface area contributed by atoms with E-state index in [-0.39, 0.29) is 31.1 Å². The molecule has 0 saturated carbocycles. The van der Waals surface area contributed by atoms with Gasteiger partial charge in [0.15, 0.2) is 6.10 Å². The molecule has 77 heavy (non-hydrogen) atoms. The summed E-state index contributed by atoms with van der Waals surface area (Å²) in [5.74, 6) is -0.901. The molecule has 0 rings (SSSR count). The lowest BCUT2D eigenvalue weighted by Crippen LogP contribution is -2.30. The second kappa shape index (κ2) is 64.9. The van der Waals surface area contributed by atoms with E-state index in [0.29, 0.717) is 19.3 Å². The van der Waals surface area contributed by atoms with Crippen LogP contribution >= 0.6 is 0 Å². The molecule has 0 aromatic rings. The number of carbonyl (C=O) groups excluding carboxylic acids is 3. The highest BCUT2D eigenvalue weighted by Crippen LogP contribution is 2.16. The van der Waals surface area contributed by atoms with Crippen LogP contribution in [-0.2, 0) is 28.6 Å². The van der Waals surface area contributed by atoms with Crippen molar-refractivity contribution in [3.8, 4) is 0 Å². The smallest absolute Gasteiger partial charge is 0.306 e. The zero-order chi connectivity index (χ0) is 55.7. The second-order valence-electron chi connectivity index (χ2n) is 21.6. The minimum atomic E-state index is -0.792. The summed E-state index contributed by atoms with van der Waals surface area (Å²) in [4.78, 5) is 38.4. The lowest BCUT2D eigenvalue weighted by Gasteiger charge is -2.18. The van der Waals surface area contributed by atoms with E-state index in [2.05, 4.69) is 118 Å². The summed E-state index contributed by atoms with van der Waals surface area (Å²) in [5.41, 5.74) is 0. The molecule has 1 atom stereocenters. The van der Waals surface area contributed by atoms with Crippen LogP contribution in [0, 0.1) is 0 Å². The van der Waals surface area contributed by atoms with E-state index < -0.39 is 6.10 Å². The van der Waals surface area contributed by atoms with Crippen molar-refractivity contribution in [2.24, 2.45) is 0 Å². The van der Waals surface area contributed by atoms with Crippen molar-refractivity contribution in [2.75, 3.05) is 13.2 Å². The predicted octanol–water partition coefficient (Wildman–Crippen LogP) is 22.4. The average Bonchev–Trinajstić information content (AvgIpc) is 3.43. The topological polar surface area (TPSA) is 78.9 Å². The Morgan fingerprint density at radius 3 is 0.805 bits per heavy atom. The lowest BCUT2D eigenvalue weighted by molar-refractivity contribution is -0.167. The van der Waals surface area contributed by atoms with Gasteiger partial charge in [0.2, 0.25) is 0 Å². The molecule has 0 aromatic heterocycles. The van der Waals surface area contributed by atoms with Gasteiger partial charge in [0, 0.05) is 19.3 Å². The molecule has 0 amide bonds. The van der Waals surface area contributed by atoms with Crippen LogP contribution in [0.3, 0.4) is 0 Å². The van der Waals surface area contributed by atoms with Crippen molar-refractivity contribution in [2.45, 2.75) is 322 Å². The maximum atomic E-state index is 12.9. The molecule has 442 valence electrons. The van der Waals surface area contributed by atoms with Crippen LogP contribution in [0.15, 0.2) is 97.2 Å². The summed E-state index contributed by atoms with van der Waals surface area (Å²) in [6.45, 7) is 6.52. The largest absolute Gasteiger partial charge is 0.462 e. The van der Waals surface area contributed by atoms with Crippen LogP contribution in [0.2, 0.25) is 0 Å². The van der Waals surface area contributed by atoms with E-state index in [0.717, 1.165) is 116 Å². The summed E-state index contributed by atoms with van der Waals surface area (Å²) in [6.07, 6.45) is 86.9. The van der Waals surface area contributed by atoms with Gasteiger partial charge in [0.25, 0.3) is 0 Å². The van der Waals surface area contributed by atoms with Crippen LogP contribution in [0.25, 0.3) is 0 Å². The number of hydrogen-bond acceptors (Lipinski definition) is 6. The Kier molecular flexibility index (Phi) is 61.8. The van der Waals surface area contributed by atoms with Gasteiger partial charge in [-0.1, -0.05) is 272 Å². The third-order valence-electron chi connectivity index (χ3n) is 14.0. The van der Waals surface area contributed by atoms with Gasteiger partial charge in [-0.3, -0.25) is 14.4 Å². The van der Waals surface area contributed by atoms with E-state index in [1.807, 2.05) is 0 Å². The Morgan fingerprint density at radius 1 is 0.273 bits per heavy atom. The molecule has 0 saturated heterocycles. The molecule has 6 nitrogen and oxygen atoms in total. The van der Waals surface area contributed by atoms with Gasteiger partial charge >= 0.3 is 17.9 Å². The Hall–Kier alpha value is -3.67. The Balaban J connectivity index is 4.40. The fourth-order valence-corrected chi connectivity index (χ4v) is 9.14. The highest BCUT2D eigenvalue weighted by molar-refractivity contribution is 5.71. The quantitative estimate of drug-likeness (QED) is 0.0261. The van der Waals surface area contributed by atoms with Gasteiger partial charge in [-0.05, 0) is 122 Å². The lowest BCUT2D eigenvalue weighted by atomic mass is 10.1. The molecule has 0 bridgehead atoms. The SMILES string of the molecule is CC/C=C\C/C=C\C/C=C\C/C=C\CCCCCCCCCCCCC(=O)OCC(COC(=O)CCCCCCC/C=C\CCCCCCCC)OC(=O)CCCCCCCC/C=C\C/C=C\C/C=C\CCCCCCC. The van der Waals surface area contributed by atoms with Crippen molar-refractivity contribution in [1.82, 2.24) is 0 Å². The first kappa shape index (κ1) is 73.3. The zero-order valence-electron chi connectivity index (χ0n) is 50.7. The van der Waals surface area contributed by atoms with Crippen LogP contribution in [-0.4, -0.2) is 37.2 Å². The Morgan fingerprint density at radius 2 is 0.506 bits per heavy atom. The number of hydrogen-bond donors (Lipinski definition) is 0. The molecule has 6 heteroatoms. The van der Waals surface area contributed by atoms with Crippen LogP contribution < -0.4 is 0 Å². The number of carbonyl (C=O) groups is 3. The number of esters is 3. The van der Waals surface area contributed by atoms with E-state index in [1.54, 1.807) is 0 Å². The number of allylic oxidation sites excluding steroid dienone is 16. The van der Waals surface area contributed by atoms with E-state index in [1.165, 1.54) is 161 Å². The summed E-state index contributed by atoms with van der Waals surface area (Å²) >= 11 is 0. The summed E-state index contributed by atoms with van der Waals surface area (Å²) in [5, 5.41) is 0. The minimum Gasteiger partial charge on any atom is -0.462 e. The number of ether oxygens (including phenoxy) is 3. The molecule has 0 N–H and O–H groups in total. The fraction of sp³-hybridized carbons (Fsp3) is 0.732. The third-order valence-corrected chi connectivity index (χ3v) is 14.0. The van der Waals surface area contributed by atoms with Crippen molar-refractivity contribution in [3.05, 3.63) is 97.2 Å². The second-order valence-corrected chi connectivity index (χ2v) is 21.6. The summed E-state index contributed by atoms with van der Waals surface area (Å²) in [6, 6.07) is 0. The minimum absolute atomic E-state index is 0.0872. The average molecular weight is 1070 g/mol.